The zero-order valence-corrected chi connectivity index (χ0v) is 17.5. The van der Waals surface area contributed by atoms with Crippen molar-refractivity contribution in [2.45, 2.75) is 58.8 Å². The van der Waals surface area contributed by atoms with E-state index >= 15 is 0 Å². The average molecular weight is 394 g/mol. The Bertz CT molecular complexity index is 845. The van der Waals surface area contributed by atoms with E-state index < -0.39 is 6.04 Å². The number of carbonyl (C=O) groups is 2. The average Bonchev–Trinajstić information content (AvgIpc) is 2.72. The molecule has 5 nitrogen and oxygen atoms in total. The van der Waals surface area contributed by atoms with Gasteiger partial charge in [-0.25, -0.2) is 0 Å². The zero-order valence-electron chi connectivity index (χ0n) is 17.5. The Morgan fingerprint density at radius 3 is 2.45 bits per heavy atom. The Morgan fingerprint density at radius 1 is 1.07 bits per heavy atom. The van der Waals surface area contributed by atoms with Crippen molar-refractivity contribution in [3.05, 3.63) is 70.8 Å². The third-order valence-electron chi connectivity index (χ3n) is 5.33. The molecule has 5 heteroatoms. The molecule has 0 saturated heterocycles. The van der Waals surface area contributed by atoms with Crippen molar-refractivity contribution in [1.82, 2.24) is 16.0 Å². The lowest BCUT2D eigenvalue weighted by Gasteiger charge is -2.28. The van der Waals surface area contributed by atoms with E-state index in [0.29, 0.717) is 31.8 Å². The van der Waals surface area contributed by atoms with E-state index in [4.69, 9.17) is 0 Å². The molecule has 1 aliphatic heterocycles. The van der Waals surface area contributed by atoms with Crippen LogP contribution in [0.3, 0.4) is 0 Å². The Balaban J connectivity index is 1.60. The van der Waals surface area contributed by atoms with E-state index in [1.165, 1.54) is 16.7 Å². The molecule has 0 radical (unpaired) electrons. The van der Waals surface area contributed by atoms with E-state index in [2.05, 4.69) is 41.9 Å². The third-order valence-corrected chi connectivity index (χ3v) is 5.33. The molecule has 1 aliphatic rings. The van der Waals surface area contributed by atoms with Crippen LogP contribution < -0.4 is 16.0 Å². The first-order valence-electron chi connectivity index (χ1n) is 10.4. The fraction of sp³-hybridized carbons (Fsp3) is 0.417. The largest absolute Gasteiger partial charge is 0.350 e. The van der Waals surface area contributed by atoms with Crippen LogP contribution in [0.1, 0.15) is 42.5 Å². The van der Waals surface area contributed by atoms with E-state index in [1.807, 2.05) is 43.3 Å². The maximum absolute atomic E-state index is 12.9. The number of benzene rings is 2. The van der Waals surface area contributed by atoms with Crippen molar-refractivity contribution in [3.8, 4) is 0 Å². The number of carbonyl (C=O) groups excluding carboxylic acids is 2. The number of amides is 2. The van der Waals surface area contributed by atoms with Gasteiger partial charge in [-0.1, -0.05) is 67.9 Å². The Labute approximate surface area is 173 Å². The monoisotopic (exact) mass is 393 g/mol. The van der Waals surface area contributed by atoms with Crippen LogP contribution >= 0.6 is 0 Å². The lowest BCUT2D eigenvalue weighted by molar-refractivity contribution is -0.130. The quantitative estimate of drug-likeness (QED) is 0.677. The van der Waals surface area contributed by atoms with Gasteiger partial charge in [0, 0.05) is 13.1 Å². The van der Waals surface area contributed by atoms with Crippen LogP contribution in [0.5, 0.6) is 0 Å². The normalized spacial score (nSPS) is 16.8. The van der Waals surface area contributed by atoms with E-state index in [-0.39, 0.29) is 17.9 Å². The Hall–Kier alpha value is -2.66. The minimum absolute atomic E-state index is 0.115. The summed E-state index contributed by atoms with van der Waals surface area (Å²) in [5, 5.41) is 9.25. The lowest BCUT2D eigenvalue weighted by atomic mass is 9.95. The van der Waals surface area contributed by atoms with E-state index in [0.717, 1.165) is 5.56 Å². The Kier molecular flexibility index (Phi) is 7.04. The number of aryl methyl sites for hydroxylation is 1. The van der Waals surface area contributed by atoms with Gasteiger partial charge >= 0.3 is 0 Å². The van der Waals surface area contributed by atoms with Gasteiger partial charge in [0.15, 0.2) is 0 Å². The summed E-state index contributed by atoms with van der Waals surface area (Å²) in [6, 6.07) is 15.4. The summed E-state index contributed by atoms with van der Waals surface area (Å²) in [5.74, 6) is 0.0462. The highest BCUT2D eigenvalue weighted by molar-refractivity contribution is 5.90. The molecule has 2 aromatic rings. The van der Waals surface area contributed by atoms with Crippen molar-refractivity contribution in [2.24, 2.45) is 5.92 Å². The summed E-state index contributed by atoms with van der Waals surface area (Å²) in [5.41, 5.74) is 4.65. The van der Waals surface area contributed by atoms with Crippen molar-refractivity contribution in [1.29, 1.82) is 0 Å². The lowest BCUT2D eigenvalue weighted by Crippen LogP contribution is -2.54. The number of fused-ring (bicyclic) bond motifs is 1. The summed E-state index contributed by atoms with van der Waals surface area (Å²) in [7, 11) is 0. The summed E-state index contributed by atoms with van der Waals surface area (Å²) >= 11 is 0. The molecule has 154 valence electrons. The molecular formula is C24H31N3O2. The summed E-state index contributed by atoms with van der Waals surface area (Å²) in [6.07, 6.45) is 1.25. The van der Waals surface area contributed by atoms with Gasteiger partial charge in [-0.15, -0.1) is 0 Å². The molecule has 0 aliphatic carbocycles. The highest BCUT2D eigenvalue weighted by Gasteiger charge is 2.28. The van der Waals surface area contributed by atoms with Gasteiger partial charge in [0.25, 0.3) is 0 Å². The number of hydrogen-bond acceptors (Lipinski definition) is 3. The van der Waals surface area contributed by atoms with Crippen LogP contribution in [0.4, 0.5) is 0 Å². The number of rotatable bonds is 7. The fourth-order valence-electron chi connectivity index (χ4n) is 3.63. The van der Waals surface area contributed by atoms with Gasteiger partial charge in [0.2, 0.25) is 11.8 Å². The second-order valence-electron chi connectivity index (χ2n) is 8.30. The molecule has 2 unspecified atom stereocenters. The summed E-state index contributed by atoms with van der Waals surface area (Å²) < 4.78 is 0. The smallest absolute Gasteiger partial charge is 0.242 e. The van der Waals surface area contributed by atoms with Crippen LogP contribution in [-0.2, 0) is 29.1 Å². The highest BCUT2D eigenvalue weighted by Crippen LogP contribution is 2.17. The molecule has 29 heavy (non-hydrogen) atoms. The first kappa shape index (κ1) is 21.1. The number of nitrogens with one attached hydrogen (secondary N) is 3. The predicted octanol–water partition coefficient (Wildman–Crippen LogP) is 2.86. The van der Waals surface area contributed by atoms with Crippen molar-refractivity contribution < 1.29 is 9.59 Å². The number of hydrogen-bond donors (Lipinski definition) is 3. The first-order chi connectivity index (χ1) is 13.9. The SMILES string of the molecule is Cc1ccc(CNC(=O)C(CC(C)C)NC(=O)C2Cc3ccccc3CN2)cc1. The minimum Gasteiger partial charge on any atom is -0.350 e. The minimum atomic E-state index is -0.535. The predicted molar refractivity (Wildman–Crippen MR) is 115 cm³/mol. The third kappa shape index (κ3) is 5.91. The second kappa shape index (κ2) is 9.70. The second-order valence-corrected chi connectivity index (χ2v) is 8.30. The van der Waals surface area contributed by atoms with Crippen molar-refractivity contribution in [3.63, 3.8) is 0 Å². The van der Waals surface area contributed by atoms with Gasteiger partial charge in [0.1, 0.15) is 6.04 Å². The molecule has 0 saturated carbocycles. The topological polar surface area (TPSA) is 70.2 Å². The maximum atomic E-state index is 12.9. The fourth-order valence-corrected chi connectivity index (χ4v) is 3.63. The van der Waals surface area contributed by atoms with E-state index in [1.54, 1.807) is 0 Å². The van der Waals surface area contributed by atoms with Crippen LogP contribution in [-0.4, -0.2) is 23.9 Å². The Morgan fingerprint density at radius 2 is 1.76 bits per heavy atom. The molecule has 1 heterocycles. The molecule has 0 bridgehead atoms. The maximum Gasteiger partial charge on any atom is 0.242 e. The molecule has 2 atom stereocenters. The molecule has 0 aromatic heterocycles. The van der Waals surface area contributed by atoms with Crippen molar-refractivity contribution >= 4 is 11.8 Å². The molecule has 3 N–H and O–H groups in total. The molecular weight excluding hydrogens is 362 g/mol. The van der Waals surface area contributed by atoms with Gasteiger partial charge in [-0.05, 0) is 42.4 Å². The summed E-state index contributed by atoms with van der Waals surface area (Å²) in [4.78, 5) is 25.7. The molecule has 0 fully saturated rings. The van der Waals surface area contributed by atoms with Gasteiger partial charge in [0.05, 0.1) is 6.04 Å². The highest BCUT2D eigenvalue weighted by atomic mass is 16.2. The first-order valence-corrected chi connectivity index (χ1v) is 10.4. The van der Waals surface area contributed by atoms with Gasteiger partial charge in [-0.2, -0.15) is 0 Å². The zero-order chi connectivity index (χ0) is 20.8. The van der Waals surface area contributed by atoms with Crippen LogP contribution in [0.2, 0.25) is 0 Å². The molecule has 3 rings (SSSR count). The van der Waals surface area contributed by atoms with Crippen LogP contribution in [0.25, 0.3) is 0 Å². The van der Waals surface area contributed by atoms with Crippen molar-refractivity contribution in [2.75, 3.05) is 0 Å². The van der Waals surface area contributed by atoms with Gasteiger partial charge < -0.3 is 16.0 Å². The molecule has 0 spiro atoms. The molecule has 2 amide bonds. The standard InChI is InChI=1S/C24H31N3O2/c1-16(2)12-22(23(28)26-14-18-10-8-17(3)9-11-18)27-24(29)21-13-19-6-4-5-7-20(19)15-25-21/h4-11,16,21-22,25H,12-15H2,1-3H3,(H,26,28)(H,27,29). The van der Waals surface area contributed by atoms with E-state index in [9.17, 15) is 9.59 Å². The van der Waals surface area contributed by atoms with Crippen LogP contribution in [0.15, 0.2) is 48.5 Å². The molecule has 2 aromatic carbocycles. The van der Waals surface area contributed by atoms with Crippen LogP contribution in [0, 0.1) is 12.8 Å². The van der Waals surface area contributed by atoms with Gasteiger partial charge in [-0.3, -0.25) is 9.59 Å². The summed E-state index contributed by atoms with van der Waals surface area (Å²) in [6.45, 7) is 7.28.